The molecule has 0 aromatic heterocycles. The average molecular weight is 360 g/mol. The molecule has 2 aliphatic rings. The van der Waals surface area contributed by atoms with Gasteiger partial charge in [-0.25, -0.2) is 4.79 Å². The van der Waals surface area contributed by atoms with Crippen LogP contribution >= 0.6 is 15.9 Å². The van der Waals surface area contributed by atoms with E-state index >= 15 is 0 Å². The summed E-state index contributed by atoms with van der Waals surface area (Å²) in [6.45, 7) is 0. The van der Waals surface area contributed by atoms with Crippen LogP contribution in [0.25, 0.3) is 10.8 Å². The summed E-state index contributed by atoms with van der Waals surface area (Å²) in [7, 11) is 0. The molecule has 0 amide bonds. The number of nitrogens with one attached hydrogen (secondary N) is 1. The summed E-state index contributed by atoms with van der Waals surface area (Å²) in [5, 5.41) is 5.59. The fourth-order valence-corrected chi connectivity index (χ4v) is 4.58. The standard InChI is InChI=1S/C18H18BrNO2/c19-12-8-13-10-17(16(9-12)20-13)22-18(21)15-7-3-5-11-4-1-2-6-14(11)15/h1-7,12-13,16-17,20H,8-10H2. The van der Waals surface area contributed by atoms with Crippen LogP contribution in [0.1, 0.15) is 29.6 Å². The lowest BCUT2D eigenvalue weighted by Crippen LogP contribution is -2.42. The maximum absolute atomic E-state index is 12.6. The van der Waals surface area contributed by atoms with Gasteiger partial charge in [-0.2, -0.15) is 0 Å². The highest BCUT2D eigenvalue weighted by Crippen LogP contribution is 2.33. The molecule has 4 rings (SSSR count). The first-order valence-electron chi connectivity index (χ1n) is 7.79. The quantitative estimate of drug-likeness (QED) is 0.656. The fraction of sp³-hybridized carbons (Fsp3) is 0.389. The monoisotopic (exact) mass is 359 g/mol. The molecular formula is C18H18BrNO2. The fourth-order valence-electron chi connectivity index (χ4n) is 3.72. The number of ether oxygens (including phenoxy) is 1. The Hall–Kier alpha value is -1.39. The van der Waals surface area contributed by atoms with Crippen LogP contribution in [0, 0.1) is 0 Å². The highest BCUT2D eigenvalue weighted by atomic mass is 79.9. The Morgan fingerprint density at radius 1 is 1.09 bits per heavy atom. The van der Waals surface area contributed by atoms with Gasteiger partial charge in [-0.15, -0.1) is 0 Å². The molecule has 4 atom stereocenters. The minimum atomic E-state index is -0.206. The number of carbonyl (C=O) groups is 1. The van der Waals surface area contributed by atoms with E-state index in [2.05, 4.69) is 21.2 Å². The summed E-state index contributed by atoms with van der Waals surface area (Å²) >= 11 is 3.70. The van der Waals surface area contributed by atoms with Gasteiger partial charge in [0.2, 0.25) is 0 Å². The zero-order chi connectivity index (χ0) is 15.1. The summed E-state index contributed by atoms with van der Waals surface area (Å²) in [6, 6.07) is 14.5. The maximum atomic E-state index is 12.6. The van der Waals surface area contributed by atoms with Crippen molar-refractivity contribution in [2.45, 2.75) is 42.3 Å². The lowest BCUT2D eigenvalue weighted by Gasteiger charge is -2.26. The molecule has 3 nitrogen and oxygen atoms in total. The number of alkyl halides is 1. The zero-order valence-corrected chi connectivity index (χ0v) is 13.8. The normalized spacial score (nSPS) is 30.4. The zero-order valence-electron chi connectivity index (χ0n) is 12.2. The Kier molecular flexibility index (Phi) is 3.66. The Balaban J connectivity index is 1.57. The second kappa shape index (κ2) is 5.67. The number of fused-ring (bicyclic) bond motifs is 3. The van der Waals surface area contributed by atoms with E-state index in [9.17, 15) is 4.79 Å². The second-order valence-corrected chi connectivity index (χ2v) is 7.54. The van der Waals surface area contributed by atoms with E-state index in [0.717, 1.165) is 30.0 Å². The summed E-state index contributed by atoms with van der Waals surface area (Å²) < 4.78 is 5.85. The van der Waals surface area contributed by atoms with Crippen LogP contribution in [0.5, 0.6) is 0 Å². The Labute approximate surface area is 138 Å². The van der Waals surface area contributed by atoms with E-state index in [4.69, 9.17) is 4.74 Å². The van der Waals surface area contributed by atoms with Crippen LogP contribution in [-0.2, 0) is 4.74 Å². The smallest absolute Gasteiger partial charge is 0.339 e. The van der Waals surface area contributed by atoms with Gasteiger partial charge >= 0.3 is 5.97 Å². The third-order valence-electron chi connectivity index (χ3n) is 4.73. The van der Waals surface area contributed by atoms with Gasteiger partial charge < -0.3 is 10.1 Å². The lowest BCUT2D eigenvalue weighted by atomic mass is 10.0. The summed E-state index contributed by atoms with van der Waals surface area (Å²) in [5.41, 5.74) is 0.662. The summed E-state index contributed by atoms with van der Waals surface area (Å²) in [6.07, 6.45) is 3.03. The molecule has 114 valence electrons. The molecule has 0 radical (unpaired) electrons. The predicted octanol–water partition coefficient (Wildman–Crippen LogP) is 3.65. The van der Waals surface area contributed by atoms with Crippen LogP contribution in [0.3, 0.4) is 0 Å². The van der Waals surface area contributed by atoms with Crippen molar-refractivity contribution in [1.82, 2.24) is 5.32 Å². The molecule has 22 heavy (non-hydrogen) atoms. The Bertz CT molecular complexity index is 712. The lowest BCUT2D eigenvalue weighted by molar-refractivity contribution is 0.0273. The van der Waals surface area contributed by atoms with Crippen molar-refractivity contribution in [1.29, 1.82) is 0 Å². The van der Waals surface area contributed by atoms with Gasteiger partial charge in [-0.3, -0.25) is 0 Å². The van der Waals surface area contributed by atoms with E-state index in [1.807, 2.05) is 42.5 Å². The number of halogens is 1. The first-order valence-corrected chi connectivity index (χ1v) is 8.71. The molecule has 0 saturated carbocycles. The molecule has 0 spiro atoms. The Morgan fingerprint density at radius 2 is 1.91 bits per heavy atom. The largest absolute Gasteiger partial charge is 0.457 e. The molecule has 2 fully saturated rings. The topological polar surface area (TPSA) is 38.3 Å². The van der Waals surface area contributed by atoms with Crippen molar-refractivity contribution in [3.8, 4) is 0 Å². The number of rotatable bonds is 2. The molecule has 2 aliphatic heterocycles. The van der Waals surface area contributed by atoms with Crippen LogP contribution in [0.4, 0.5) is 0 Å². The molecule has 2 aromatic carbocycles. The first-order chi connectivity index (χ1) is 10.7. The minimum absolute atomic E-state index is 0.0148. The third kappa shape index (κ3) is 2.55. The number of benzene rings is 2. The van der Waals surface area contributed by atoms with Crippen LogP contribution in [-0.4, -0.2) is 29.0 Å². The average Bonchev–Trinajstić information content (AvgIpc) is 2.80. The molecular weight excluding hydrogens is 342 g/mol. The minimum Gasteiger partial charge on any atom is -0.457 e. The molecule has 2 bridgehead atoms. The molecule has 4 heteroatoms. The SMILES string of the molecule is O=C(OC1CC2CC(Br)CC1N2)c1cccc2ccccc12. The number of esters is 1. The molecule has 2 saturated heterocycles. The first kappa shape index (κ1) is 14.2. The highest BCUT2D eigenvalue weighted by molar-refractivity contribution is 9.09. The van der Waals surface area contributed by atoms with Gasteiger partial charge in [0.1, 0.15) is 6.10 Å². The van der Waals surface area contributed by atoms with E-state index in [-0.39, 0.29) is 18.1 Å². The van der Waals surface area contributed by atoms with Crippen molar-refractivity contribution in [2.24, 2.45) is 0 Å². The molecule has 1 N–H and O–H groups in total. The van der Waals surface area contributed by atoms with Crippen molar-refractivity contribution in [3.05, 3.63) is 48.0 Å². The van der Waals surface area contributed by atoms with Crippen molar-refractivity contribution in [3.63, 3.8) is 0 Å². The number of hydrogen-bond donors (Lipinski definition) is 1. The maximum Gasteiger partial charge on any atom is 0.339 e. The van der Waals surface area contributed by atoms with E-state index < -0.39 is 0 Å². The van der Waals surface area contributed by atoms with Gasteiger partial charge in [0.05, 0.1) is 5.56 Å². The predicted molar refractivity (Wildman–Crippen MR) is 90.4 cm³/mol. The van der Waals surface area contributed by atoms with Gasteiger partial charge in [0.15, 0.2) is 0 Å². The van der Waals surface area contributed by atoms with Gasteiger partial charge in [-0.1, -0.05) is 52.3 Å². The van der Waals surface area contributed by atoms with Crippen LogP contribution in [0.2, 0.25) is 0 Å². The van der Waals surface area contributed by atoms with Crippen molar-refractivity contribution in [2.75, 3.05) is 0 Å². The number of carbonyl (C=O) groups excluding carboxylic acids is 1. The van der Waals surface area contributed by atoms with Gasteiger partial charge in [-0.05, 0) is 29.7 Å². The molecule has 4 unspecified atom stereocenters. The number of piperidine rings is 1. The van der Waals surface area contributed by atoms with Crippen molar-refractivity contribution < 1.29 is 9.53 Å². The second-order valence-electron chi connectivity index (χ2n) is 6.24. The summed E-state index contributed by atoms with van der Waals surface area (Å²) in [4.78, 5) is 13.2. The van der Waals surface area contributed by atoms with Crippen LogP contribution < -0.4 is 5.32 Å². The van der Waals surface area contributed by atoms with E-state index in [0.29, 0.717) is 16.4 Å². The molecule has 2 heterocycles. The third-order valence-corrected chi connectivity index (χ3v) is 5.48. The molecule has 2 aromatic rings. The van der Waals surface area contributed by atoms with Gasteiger partial charge in [0, 0.05) is 23.3 Å². The van der Waals surface area contributed by atoms with Crippen LogP contribution in [0.15, 0.2) is 42.5 Å². The van der Waals surface area contributed by atoms with E-state index in [1.54, 1.807) is 0 Å². The molecule has 0 aliphatic carbocycles. The Morgan fingerprint density at radius 3 is 2.82 bits per heavy atom. The van der Waals surface area contributed by atoms with E-state index in [1.165, 1.54) is 0 Å². The number of hydrogen-bond acceptors (Lipinski definition) is 3. The summed E-state index contributed by atoms with van der Waals surface area (Å²) in [5.74, 6) is -0.206. The highest BCUT2D eigenvalue weighted by Gasteiger charge is 2.41. The van der Waals surface area contributed by atoms with Crippen molar-refractivity contribution >= 4 is 32.7 Å². The van der Waals surface area contributed by atoms with Gasteiger partial charge in [0.25, 0.3) is 0 Å².